The normalized spacial score (nSPS) is 24.1. The molecule has 3 aliphatic rings. The summed E-state index contributed by atoms with van der Waals surface area (Å²) in [4.78, 5) is 39.9. The van der Waals surface area contributed by atoms with Crippen LogP contribution in [0.1, 0.15) is 56.3 Å². The third-order valence-electron chi connectivity index (χ3n) is 7.58. The summed E-state index contributed by atoms with van der Waals surface area (Å²) in [6, 6.07) is 16.8. The monoisotopic (exact) mass is 488 g/mol. The molecule has 1 saturated heterocycles. The van der Waals surface area contributed by atoms with Gasteiger partial charge in [-0.2, -0.15) is 5.26 Å². The van der Waals surface area contributed by atoms with E-state index in [1.807, 2.05) is 36.4 Å². The van der Waals surface area contributed by atoms with E-state index in [4.69, 9.17) is 0 Å². The second kappa shape index (κ2) is 8.44. The summed E-state index contributed by atoms with van der Waals surface area (Å²) in [7, 11) is 0. The van der Waals surface area contributed by atoms with Crippen molar-refractivity contribution < 1.29 is 18.8 Å². The van der Waals surface area contributed by atoms with Gasteiger partial charge in [-0.3, -0.25) is 14.4 Å². The molecule has 2 unspecified atom stereocenters. The first-order chi connectivity index (χ1) is 17.1. The van der Waals surface area contributed by atoms with E-state index in [1.165, 1.54) is 13.8 Å². The number of nitrogens with one attached hydrogen (secondary N) is 2. The van der Waals surface area contributed by atoms with Crippen LogP contribution < -0.4 is 15.5 Å². The minimum Gasteiger partial charge on any atom is -0.337 e. The zero-order chi connectivity index (χ0) is 25.7. The van der Waals surface area contributed by atoms with Gasteiger partial charge in [-0.25, -0.2) is 4.39 Å². The molecule has 8 heteroatoms. The van der Waals surface area contributed by atoms with Crippen LogP contribution in [0.15, 0.2) is 48.5 Å². The fourth-order valence-corrected chi connectivity index (χ4v) is 5.10. The number of anilines is 1. The Balaban J connectivity index is 1.29. The van der Waals surface area contributed by atoms with Crippen molar-refractivity contribution in [1.29, 1.82) is 5.26 Å². The van der Waals surface area contributed by atoms with Crippen molar-refractivity contribution in [2.45, 2.75) is 62.7 Å². The summed E-state index contributed by atoms with van der Waals surface area (Å²) >= 11 is 0. The molecule has 36 heavy (non-hydrogen) atoms. The lowest BCUT2D eigenvalue weighted by atomic mass is 9.99. The number of carbonyl (C=O) groups excluding carboxylic acids is 3. The predicted octanol–water partition coefficient (Wildman–Crippen LogP) is 3.89. The van der Waals surface area contributed by atoms with Gasteiger partial charge in [0.2, 0.25) is 11.8 Å². The van der Waals surface area contributed by atoms with Gasteiger partial charge in [-0.05, 0) is 74.9 Å². The lowest BCUT2D eigenvalue weighted by molar-refractivity contribution is -0.125. The van der Waals surface area contributed by atoms with E-state index in [0.717, 1.165) is 29.8 Å². The standard InChI is InChI=1S/C28H29FN4O3/c1-26(2,29)22-16-28(22,25(36)32-27(17-30)13-14-27)31-24(35)20-7-5-18(6-8-20)19-9-11-21(12-10-19)33-15-3-4-23(33)34/h5-12,22H,3-4,13-16H2,1-2H3,(H,31,35)(H,32,36). The molecular formula is C28H29FN4O3. The number of rotatable bonds is 7. The van der Waals surface area contributed by atoms with Crippen molar-refractivity contribution in [3.63, 3.8) is 0 Å². The Morgan fingerprint density at radius 2 is 1.67 bits per heavy atom. The van der Waals surface area contributed by atoms with E-state index in [1.54, 1.807) is 17.0 Å². The first-order valence-electron chi connectivity index (χ1n) is 12.3. The molecule has 5 rings (SSSR count). The average molecular weight is 489 g/mol. The first-order valence-corrected chi connectivity index (χ1v) is 12.3. The highest BCUT2D eigenvalue weighted by Crippen LogP contribution is 2.53. The van der Waals surface area contributed by atoms with E-state index >= 15 is 0 Å². The molecule has 0 bridgehead atoms. The quantitative estimate of drug-likeness (QED) is 0.617. The third-order valence-corrected chi connectivity index (χ3v) is 7.58. The Kier molecular flexibility index (Phi) is 5.62. The molecule has 0 aromatic heterocycles. The Hall–Kier alpha value is -3.73. The third kappa shape index (κ3) is 4.34. The molecule has 2 atom stereocenters. The highest BCUT2D eigenvalue weighted by Gasteiger charge is 2.68. The van der Waals surface area contributed by atoms with Crippen molar-refractivity contribution >= 4 is 23.4 Å². The largest absolute Gasteiger partial charge is 0.337 e. The van der Waals surface area contributed by atoms with Crippen LogP contribution in [-0.4, -0.2) is 41.0 Å². The number of nitrogens with zero attached hydrogens (tertiary/aromatic N) is 2. The maximum absolute atomic E-state index is 14.8. The summed E-state index contributed by atoms with van der Waals surface area (Å²) < 4.78 is 14.8. The summed E-state index contributed by atoms with van der Waals surface area (Å²) in [6.45, 7) is 3.53. The molecule has 1 aliphatic heterocycles. The highest BCUT2D eigenvalue weighted by atomic mass is 19.1. The molecule has 2 aromatic carbocycles. The van der Waals surface area contributed by atoms with E-state index in [0.29, 0.717) is 24.8 Å². The van der Waals surface area contributed by atoms with Crippen LogP contribution in [0.4, 0.5) is 10.1 Å². The topological polar surface area (TPSA) is 102 Å². The fourth-order valence-electron chi connectivity index (χ4n) is 5.10. The van der Waals surface area contributed by atoms with Crippen LogP contribution in [0.25, 0.3) is 11.1 Å². The number of benzene rings is 2. The summed E-state index contributed by atoms with van der Waals surface area (Å²) in [6.07, 6.45) is 2.74. The number of nitriles is 1. The van der Waals surface area contributed by atoms with Gasteiger partial charge < -0.3 is 15.5 Å². The van der Waals surface area contributed by atoms with Gasteiger partial charge in [-0.1, -0.05) is 24.3 Å². The minimum atomic E-state index is -1.66. The SMILES string of the molecule is CC(C)(F)C1CC1(NC(=O)c1ccc(-c2ccc(N3CCCC3=O)cc2)cc1)C(=O)NC1(C#N)CC1. The van der Waals surface area contributed by atoms with E-state index in [2.05, 4.69) is 16.7 Å². The molecule has 7 nitrogen and oxygen atoms in total. The number of amides is 3. The number of alkyl halides is 1. The van der Waals surface area contributed by atoms with Crippen molar-refractivity contribution in [3.8, 4) is 17.2 Å². The molecule has 1 heterocycles. The molecule has 2 saturated carbocycles. The van der Waals surface area contributed by atoms with Crippen molar-refractivity contribution in [3.05, 3.63) is 54.1 Å². The van der Waals surface area contributed by atoms with Crippen LogP contribution in [0.3, 0.4) is 0 Å². The first kappa shape index (κ1) is 24.0. The molecule has 2 aliphatic carbocycles. The highest BCUT2D eigenvalue weighted by molar-refractivity contribution is 6.02. The van der Waals surface area contributed by atoms with Crippen molar-refractivity contribution in [2.24, 2.45) is 5.92 Å². The lowest BCUT2D eigenvalue weighted by Gasteiger charge is -2.24. The Morgan fingerprint density at radius 3 is 2.14 bits per heavy atom. The number of hydrogen-bond donors (Lipinski definition) is 2. The van der Waals surface area contributed by atoms with Crippen LogP contribution >= 0.6 is 0 Å². The van der Waals surface area contributed by atoms with Gasteiger partial charge in [0.1, 0.15) is 16.7 Å². The molecule has 0 spiro atoms. The summed E-state index contributed by atoms with van der Waals surface area (Å²) in [5.74, 6) is -1.51. The Morgan fingerprint density at radius 1 is 1.06 bits per heavy atom. The molecule has 3 amide bonds. The second-order valence-electron chi connectivity index (χ2n) is 10.7. The van der Waals surface area contributed by atoms with Crippen LogP contribution in [0.5, 0.6) is 0 Å². The number of halogens is 1. The smallest absolute Gasteiger partial charge is 0.252 e. The minimum absolute atomic E-state index is 0.138. The van der Waals surface area contributed by atoms with Crippen LogP contribution in [0.2, 0.25) is 0 Å². The summed E-state index contributed by atoms with van der Waals surface area (Å²) in [5, 5.41) is 14.8. The summed E-state index contributed by atoms with van der Waals surface area (Å²) in [5.41, 5.74) is -0.860. The molecular weight excluding hydrogens is 459 g/mol. The van der Waals surface area contributed by atoms with Gasteiger partial charge in [0.05, 0.1) is 6.07 Å². The predicted molar refractivity (Wildman–Crippen MR) is 133 cm³/mol. The zero-order valence-corrected chi connectivity index (χ0v) is 20.4. The molecule has 186 valence electrons. The molecule has 2 N–H and O–H groups in total. The maximum atomic E-state index is 14.8. The van der Waals surface area contributed by atoms with E-state index in [-0.39, 0.29) is 12.3 Å². The second-order valence-corrected chi connectivity index (χ2v) is 10.7. The van der Waals surface area contributed by atoms with Gasteiger partial charge in [0, 0.05) is 30.1 Å². The van der Waals surface area contributed by atoms with Crippen molar-refractivity contribution in [2.75, 3.05) is 11.4 Å². The van der Waals surface area contributed by atoms with Crippen molar-refractivity contribution in [1.82, 2.24) is 10.6 Å². The van der Waals surface area contributed by atoms with Crippen LogP contribution in [0, 0.1) is 17.2 Å². The van der Waals surface area contributed by atoms with Gasteiger partial charge in [0.15, 0.2) is 0 Å². The fraction of sp³-hybridized carbons (Fsp3) is 0.429. The molecule has 3 fully saturated rings. The van der Waals surface area contributed by atoms with Gasteiger partial charge in [0.25, 0.3) is 5.91 Å². The lowest BCUT2D eigenvalue weighted by Crippen LogP contribution is -2.54. The van der Waals surface area contributed by atoms with Gasteiger partial charge in [-0.15, -0.1) is 0 Å². The maximum Gasteiger partial charge on any atom is 0.252 e. The van der Waals surface area contributed by atoms with E-state index in [9.17, 15) is 24.0 Å². The Labute approximate surface area is 209 Å². The molecule has 0 radical (unpaired) electrons. The average Bonchev–Trinajstić information content (AvgIpc) is 3.75. The Bertz CT molecular complexity index is 1260. The zero-order valence-electron chi connectivity index (χ0n) is 20.4. The van der Waals surface area contributed by atoms with E-state index < -0.39 is 34.5 Å². The number of hydrogen-bond acceptors (Lipinski definition) is 4. The van der Waals surface area contributed by atoms with Crippen LogP contribution in [-0.2, 0) is 9.59 Å². The van der Waals surface area contributed by atoms with Gasteiger partial charge >= 0.3 is 0 Å². The molecule has 2 aromatic rings. The number of carbonyl (C=O) groups is 3.